The fourth-order valence-electron chi connectivity index (χ4n) is 2.29. The van der Waals surface area contributed by atoms with Gasteiger partial charge in [-0.3, -0.25) is 9.80 Å². The summed E-state index contributed by atoms with van der Waals surface area (Å²) in [5.74, 6) is 1.55. The van der Waals surface area contributed by atoms with E-state index in [-0.39, 0.29) is 6.61 Å². The molecular weight excluding hydrogens is 244 g/mol. The second-order valence-corrected chi connectivity index (χ2v) is 5.05. The quantitative estimate of drug-likeness (QED) is 0.778. The molecule has 0 unspecified atom stereocenters. The van der Waals surface area contributed by atoms with Gasteiger partial charge in [0, 0.05) is 39.1 Å². The van der Waals surface area contributed by atoms with E-state index in [4.69, 9.17) is 9.63 Å². The number of aromatic nitrogens is 2. The highest BCUT2D eigenvalue weighted by Crippen LogP contribution is 2.08. The van der Waals surface area contributed by atoms with Crippen molar-refractivity contribution in [3.8, 4) is 0 Å². The van der Waals surface area contributed by atoms with Crippen LogP contribution in [0.3, 0.4) is 0 Å². The monoisotopic (exact) mass is 268 g/mol. The van der Waals surface area contributed by atoms with Gasteiger partial charge in [-0.05, 0) is 6.42 Å². The largest absolute Gasteiger partial charge is 0.395 e. The van der Waals surface area contributed by atoms with E-state index in [2.05, 4.69) is 26.9 Å². The van der Waals surface area contributed by atoms with Gasteiger partial charge in [0.2, 0.25) is 5.89 Å². The number of aryl methyl sites for hydroxylation is 1. The number of hydrogen-bond acceptors (Lipinski definition) is 6. The molecule has 1 aromatic heterocycles. The molecule has 108 valence electrons. The Bertz CT molecular complexity index is 361. The van der Waals surface area contributed by atoms with E-state index in [0.29, 0.717) is 0 Å². The zero-order valence-corrected chi connectivity index (χ0v) is 11.7. The molecule has 1 fully saturated rings. The van der Waals surface area contributed by atoms with Crippen molar-refractivity contribution in [3.05, 3.63) is 11.7 Å². The third-order valence-corrected chi connectivity index (χ3v) is 3.50. The summed E-state index contributed by atoms with van der Waals surface area (Å²) in [7, 11) is 0. The Kier molecular flexibility index (Phi) is 5.75. The van der Waals surface area contributed by atoms with E-state index in [9.17, 15) is 0 Å². The molecule has 0 saturated carbocycles. The molecule has 6 heteroatoms. The Morgan fingerprint density at radius 3 is 2.63 bits per heavy atom. The zero-order valence-electron chi connectivity index (χ0n) is 11.7. The Balaban J connectivity index is 1.74. The predicted octanol–water partition coefficient (Wildman–Crippen LogP) is 0.522. The molecular formula is C13H24N4O2. The second kappa shape index (κ2) is 7.57. The van der Waals surface area contributed by atoms with E-state index in [0.717, 1.165) is 70.2 Å². The summed E-state index contributed by atoms with van der Waals surface area (Å²) in [5.41, 5.74) is 0. The number of piperazine rings is 1. The standard InChI is InChI=1S/C13H24N4O2/c1-2-3-4-12-14-13(19-15-12)11-17-7-5-16(6-8-17)9-10-18/h18H,2-11H2,1H3. The highest BCUT2D eigenvalue weighted by atomic mass is 16.5. The molecule has 1 aromatic rings. The number of unbranched alkanes of at least 4 members (excludes halogenated alkanes) is 1. The molecule has 0 spiro atoms. The number of nitrogens with zero attached hydrogens (tertiary/aromatic N) is 4. The molecule has 2 rings (SSSR count). The number of rotatable bonds is 7. The Morgan fingerprint density at radius 2 is 1.95 bits per heavy atom. The lowest BCUT2D eigenvalue weighted by Gasteiger charge is -2.33. The van der Waals surface area contributed by atoms with Crippen molar-refractivity contribution < 1.29 is 9.63 Å². The predicted molar refractivity (Wildman–Crippen MR) is 71.7 cm³/mol. The van der Waals surface area contributed by atoms with Gasteiger partial charge >= 0.3 is 0 Å². The number of β-amino-alcohol motifs (C(OH)–C–C–N with tert-alkyl or cyclic N) is 1. The van der Waals surface area contributed by atoms with Crippen molar-refractivity contribution >= 4 is 0 Å². The van der Waals surface area contributed by atoms with Gasteiger partial charge < -0.3 is 9.63 Å². The van der Waals surface area contributed by atoms with Crippen LogP contribution in [0.2, 0.25) is 0 Å². The van der Waals surface area contributed by atoms with E-state index in [1.807, 2.05) is 0 Å². The lowest BCUT2D eigenvalue weighted by Crippen LogP contribution is -2.46. The molecule has 1 saturated heterocycles. The lowest BCUT2D eigenvalue weighted by atomic mass is 10.2. The minimum absolute atomic E-state index is 0.241. The number of aliphatic hydroxyl groups excluding tert-OH is 1. The van der Waals surface area contributed by atoms with Gasteiger partial charge in [0.1, 0.15) is 0 Å². The first kappa shape index (κ1) is 14.4. The molecule has 1 aliphatic rings. The van der Waals surface area contributed by atoms with Gasteiger partial charge in [-0.1, -0.05) is 18.5 Å². The summed E-state index contributed by atoms with van der Waals surface area (Å²) in [6, 6.07) is 0. The second-order valence-electron chi connectivity index (χ2n) is 5.05. The molecule has 0 amide bonds. The summed E-state index contributed by atoms with van der Waals surface area (Å²) in [4.78, 5) is 9.02. The Hall–Kier alpha value is -0.980. The number of aliphatic hydroxyl groups is 1. The van der Waals surface area contributed by atoms with Crippen LogP contribution in [0.15, 0.2) is 4.52 Å². The van der Waals surface area contributed by atoms with Crippen molar-refractivity contribution in [1.29, 1.82) is 0 Å². The fraction of sp³-hybridized carbons (Fsp3) is 0.846. The molecule has 19 heavy (non-hydrogen) atoms. The summed E-state index contributed by atoms with van der Waals surface area (Å²) < 4.78 is 5.28. The third kappa shape index (κ3) is 4.56. The summed E-state index contributed by atoms with van der Waals surface area (Å²) in [6.45, 7) is 7.90. The molecule has 1 aliphatic heterocycles. The van der Waals surface area contributed by atoms with Crippen molar-refractivity contribution in [2.24, 2.45) is 0 Å². The summed E-state index contributed by atoms with van der Waals surface area (Å²) in [6.07, 6.45) is 3.17. The smallest absolute Gasteiger partial charge is 0.240 e. The van der Waals surface area contributed by atoms with E-state index in [1.165, 1.54) is 0 Å². The van der Waals surface area contributed by atoms with Gasteiger partial charge in [-0.2, -0.15) is 4.98 Å². The molecule has 0 aliphatic carbocycles. The minimum Gasteiger partial charge on any atom is -0.395 e. The SMILES string of the molecule is CCCCc1noc(CN2CCN(CCO)CC2)n1. The Labute approximate surface area is 114 Å². The fourth-order valence-corrected chi connectivity index (χ4v) is 2.29. The normalized spacial score (nSPS) is 18.0. The topological polar surface area (TPSA) is 65.6 Å². The third-order valence-electron chi connectivity index (χ3n) is 3.50. The van der Waals surface area contributed by atoms with E-state index >= 15 is 0 Å². The van der Waals surface area contributed by atoms with Crippen molar-refractivity contribution in [3.63, 3.8) is 0 Å². The molecule has 2 heterocycles. The minimum atomic E-state index is 0.241. The average Bonchev–Trinajstić information content (AvgIpc) is 2.87. The molecule has 6 nitrogen and oxygen atoms in total. The average molecular weight is 268 g/mol. The van der Waals surface area contributed by atoms with Crippen molar-refractivity contribution in [2.75, 3.05) is 39.3 Å². The van der Waals surface area contributed by atoms with Crippen LogP contribution in [0.4, 0.5) is 0 Å². The maximum atomic E-state index is 8.90. The van der Waals surface area contributed by atoms with Gasteiger partial charge in [0.25, 0.3) is 0 Å². The van der Waals surface area contributed by atoms with Crippen molar-refractivity contribution in [2.45, 2.75) is 32.7 Å². The molecule has 0 aromatic carbocycles. The first-order valence-corrected chi connectivity index (χ1v) is 7.19. The number of hydrogen-bond donors (Lipinski definition) is 1. The Morgan fingerprint density at radius 1 is 1.21 bits per heavy atom. The molecule has 0 radical (unpaired) electrons. The van der Waals surface area contributed by atoms with Crippen LogP contribution in [-0.4, -0.2) is 64.4 Å². The van der Waals surface area contributed by atoms with Crippen LogP contribution in [0.5, 0.6) is 0 Å². The molecule has 0 atom stereocenters. The van der Waals surface area contributed by atoms with Crippen LogP contribution in [0.25, 0.3) is 0 Å². The molecule has 1 N–H and O–H groups in total. The summed E-state index contributed by atoms with van der Waals surface area (Å²) >= 11 is 0. The van der Waals surface area contributed by atoms with Crippen molar-refractivity contribution in [1.82, 2.24) is 19.9 Å². The van der Waals surface area contributed by atoms with Gasteiger partial charge in [-0.25, -0.2) is 0 Å². The van der Waals surface area contributed by atoms with Crippen LogP contribution < -0.4 is 0 Å². The maximum Gasteiger partial charge on any atom is 0.240 e. The van der Waals surface area contributed by atoms with Gasteiger partial charge in [0.05, 0.1) is 13.2 Å². The van der Waals surface area contributed by atoms with Gasteiger partial charge in [-0.15, -0.1) is 0 Å². The van der Waals surface area contributed by atoms with Gasteiger partial charge in [0.15, 0.2) is 5.82 Å². The van der Waals surface area contributed by atoms with Crippen LogP contribution >= 0.6 is 0 Å². The van der Waals surface area contributed by atoms with Crippen LogP contribution in [-0.2, 0) is 13.0 Å². The zero-order chi connectivity index (χ0) is 13.5. The van der Waals surface area contributed by atoms with E-state index < -0.39 is 0 Å². The lowest BCUT2D eigenvalue weighted by molar-refractivity contribution is 0.101. The highest BCUT2D eigenvalue weighted by molar-refractivity contribution is 4.87. The van der Waals surface area contributed by atoms with E-state index in [1.54, 1.807) is 0 Å². The first-order valence-electron chi connectivity index (χ1n) is 7.19. The summed E-state index contributed by atoms with van der Waals surface area (Å²) in [5, 5.41) is 12.9. The maximum absolute atomic E-state index is 8.90. The van der Waals surface area contributed by atoms with Crippen LogP contribution in [0.1, 0.15) is 31.5 Å². The first-order chi connectivity index (χ1) is 9.31. The molecule has 0 bridgehead atoms. The van der Waals surface area contributed by atoms with Crippen LogP contribution in [0, 0.1) is 0 Å². The highest BCUT2D eigenvalue weighted by Gasteiger charge is 2.18.